The average Bonchev–Trinajstić information content (AvgIpc) is 1.99. The highest BCUT2D eigenvalue weighted by molar-refractivity contribution is 9.11. The van der Waals surface area contributed by atoms with E-state index >= 15 is 0 Å². The molecule has 15 heavy (non-hydrogen) atoms. The summed E-state index contributed by atoms with van der Waals surface area (Å²) in [5, 5.41) is 0. The summed E-state index contributed by atoms with van der Waals surface area (Å²) in [6.07, 6.45) is 0. The van der Waals surface area contributed by atoms with Crippen LogP contribution >= 0.6 is 31.9 Å². The van der Waals surface area contributed by atoms with Crippen molar-refractivity contribution in [2.75, 3.05) is 0 Å². The van der Waals surface area contributed by atoms with Crippen molar-refractivity contribution < 1.29 is 8.42 Å². The van der Waals surface area contributed by atoms with Gasteiger partial charge in [0, 0.05) is 15.0 Å². The number of benzene rings is 1. The molecule has 1 N–H and O–H groups in total. The van der Waals surface area contributed by atoms with E-state index in [4.69, 9.17) is 0 Å². The topological polar surface area (TPSA) is 46.2 Å². The number of hydrogen-bond acceptors (Lipinski definition) is 2. The molecule has 84 valence electrons. The molecular weight excluding hydrogens is 346 g/mol. The molecule has 3 nitrogen and oxygen atoms in total. The molecule has 0 aliphatic rings. The van der Waals surface area contributed by atoms with Crippen LogP contribution in [-0.4, -0.2) is 14.5 Å². The summed E-state index contributed by atoms with van der Waals surface area (Å²) in [5.74, 6) is 0. The van der Waals surface area contributed by atoms with Crippen molar-refractivity contribution in [2.45, 2.75) is 24.8 Å². The van der Waals surface area contributed by atoms with E-state index < -0.39 is 10.0 Å². The molecular formula is C9H11Br2NO2S. The largest absolute Gasteiger partial charge is 0.241 e. The van der Waals surface area contributed by atoms with Crippen LogP contribution in [0.1, 0.15) is 13.8 Å². The summed E-state index contributed by atoms with van der Waals surface area (Å²) in [6, 6.07) is 4.83. The van der Waals surface area contributed by atoms with Gasteiger partial charge in [-0.3, -0.25) is 0 Å². The van der Waals surface area contributed by atoms with E-state index in [2.05, 4.69) is 36.6 Å². The van der Waals surface area contributed by atoms with Crippen LogP contribution in [0, 0.1) is 0 Å². The second kappa shape index (κ2) is 4.95. The lowest BCUT2D eigenvalue weighted by Crippen LogP contribution is -2.30. The maximum absolute atomic E-state index is 11.8. The molecule has 0 fully saturated rings. The Labute approximate surface area is 107 Å². The van der Waals surface area contributed by atoms with Gasteiger partial charge in [-0.05, 0) is 48.0 Å². The van der Waals surface area contributed by atoms with Crippen LogP contribution in [0.3, 0.4) is 0 Å². The Hall–Kier alpha value is 0.0900. The van der Waals surface area contributed by atoms with Gasteiger partial charge in [-0.25, -0.2) is 13.1 Å². The van der Waals surface area contributed by atoms with Crippen molar-refractivity contribution in [1.82, 2.24) is 4.72 Å². The summed E-state index contributed by atoms with van der Waals surface area (Å²) in [4.78, 5) is 0.249. The van der Waals surface area contributed by atoms with E-state index in [1.165, 1.54) is 0 Å². The van der Waals surface area contributed by atoms with Gasteiger partial charge in [-0.2, -0.15) is 0 Å². The van der Waals surface area contributed by atoms with E-state index in [0.29, 0.717) is 4.47 Å². The maximum Gasteiger partial charge on any atom is 0.241 e. The molecule has 6 heteroatoms. The molecule has 0 spiro atoms. The van der Waals surface area contributed by atoms with Crippen molar-refractivity contribution >= 4 is 41.9 Å². The molecule has 0 atom stereocenters. The van der Waals surface area contributed by atoms with Crippen LogP contribution in [0.2, 0.25) is 0 Å². The number of rotatable bonds is 3. The van der Waals surface area contributed by atoms with Gasteiger partial charge in [-0.15, -0.1) is 0 Å². The molecule has 1 aromatic carbocycles. The third-order valence-corrected chi connectivity index (χ3v) is 4.70. The third-order valence-electron chi connectivity index (χ3n) is 1.57. The first-order valence-electron chi connectivity index (χ1n) is 4.30. The predicted molar refractivity (Wildman–Crippen MR) is 67.3 cm³/mol. The third kappa shape index (κ3) is 3.55. The Bertz CT molecular complexity index is 457. The lowest BCUT2D eigenvalue weighted by molar-refractivity contribution is 0.569. The Balaban J connectivity index is 3.16. The van der Waals surface area contributed by atoms with Gasteiger partial charge in [0.2, 0.25) is 10.0 Å². The molecule has 0 saturated carbocycles. The van der Waals surface area contributed by atoms with Crippen molar-refractivity contribution in [3.63, 3.8) is 0 Å². The molecule has 1 aromatic rings. The maximum atomic E-state index is 11.8. The molecule has 0 amide bonds. The lowest BCUT2D eigenvalue weighted by Gasteiger charge is -2.10. The second-order valence-corrected chi connectivity index (χ2v) is 6.80. The number of halogens is 2. The molecule has 0 aromatic heterocycles. The Morgan fingerprint density at radius 3 is 2.33 bits per heavy atom. The first-order valence-corrected chi connectivity index (χ1v) is 7.37. The minimum absolute atomic E-state index is 0.120. The highest BCUT2D eigenvalue weighted by Gasteiger charge is 2.18. The van der Waals surface area contributed by atoms with E-state index in [0.717, 1.165) is 4.47 Å². The summed E-state index contributed by atoms with van der Waals surface area (Å²) >= 11 is 6.49. The summed E-state index contributed by atoms with van der Waals surface area (Å²) in [5.41, 5.74) is 0. The molecule has 1 rings (SSSR count). The molecule has 0 saturated heterocycles. The first-order chi connectivity index (χ1) is 6.83. The van der Waals surface area contributed by atoms with E-state index in [1.54, 1.807) is 32.0 Å². The van der Waals surface area contributed by atoms with Crippen LogP contribution in [0.25, 0.3) is 0 Å². The van der Waals surface area contributed by atoms with Crippen LogP contribution in [0.15, 0.2) is 32.0 Å². The average molecular weight is 357 g/mol. The van der Waals surface area contributed by atoms with Crippen molar-refractivity contribution in [3.05, 3.63) is 27.1 Å². The fraction of sp³-hybridized carbons (Fsp3) is 0.333. The van der Waals surface area contributed by atoms with E-state index in [-0.39, 0.29) is 10.9 Å². The number of nitrogens with one attached hydrogen (secondary N) is 1. The second-order valence-electron chi connectivity index (χ2n) is 3.35. The van der Waals surface area contributed by atoms with Gasteiger partial charge in [0.05, 0.1) is 4.90 Å². The monoisotopic (exact) mass is 355 g/mol. The minimum atomic E-state index is -3.42. The van der Waals surface area contributed by atoms with Gasteiger partial charge < -0.3 is 0 Å². The minimum Gasteiger partial charge on any atom is -0.209 e. The number of hydrogen-bond donors (Lipinski definition) is 1. The van der Waals surface area contributed by atoms with Crippen molar-refractivity contribution in [2.24, 2.45) is 0 Å². The number of sulfonamides is 1. The zero-order chi connectivity index (χ0) is 11.6. The Morgan fingerprint density at radius 1 is 1.27 bits per heavy atom. The summed E-state index contributed by atoms with van der Waals surface area (Å²) < 4.78 is 27.5. The van der Waals surface area contributed by atoms with Gasteiger partial charge in [0.25, 0.3) is 0 Å². The predicted octanol–water partition coefficient (Wildman–Crippen LogP) is 2.90. The quantitative estimate of drug-likeness (QED) is 0.905. The van der Waals surface area contributed by atoms with Crippen molar-refractivity contribution in [1.29, 1.82) is 0 Å². The standard InChI is InChI=1S/C9H11Br2NO2S/c1-6(2)12-15(13,14)9-4-3-7(10)5-8(9)11/h3-6,12H,1-2H3. The van der Waals surface area contributed by atoms with Gasteiger partial charge >= 0.3 is 0 Å². The van der Waals surface area contributed by atoms with Gasteiger partial charge in [0.1, 0.15) is 0 Å². The van der Waals surface area contributed by atoms with Gasteiger partial charge in [-0.1, -0.05) is 15.9 Å². The fourth-order valence-electron chi connectivity index (χ4n) is 1.07. The SMILES string of the molecule is CC(C)NS(=O)(=O)c1ccc(Br)cc1Br. The smallest absolute Gasteiger partial charge is 0.209 e. The van der Waals surface area contributed by atoms with E-state index in [9.17, 15) is 8.42 Å². The van der Waals surface area contributed by atoms with Crippen LogP contribution in [-0.2, 0) is 10.0 Å². The van der Waals surface area contributed by atoms with Crippen LogP contribution in [0.5, 0.6) is 0 Å². The zero-order valence-electron chi connectivity index (χ0n) is 8.29. The highest BCUT2D eigenvalue weighted by atomic mass is 79.9. The first kappa shape index (κ1) is 13.2. The van der Waals surface area contributed by atoms with E-state index in [1.807, 2.05) is 0 Å². The molecule has 0 aliphatic carbocycles. The summed E-state index contributed by atoms with van der Waals surface area (Å²) in [6.45, 7) is 3.56. The van der Waals surface area contributed by atoms with Gasteiger partial charge in [0.15, 0.2) is 0 Å². The molecule has 0 heterocycles. The lowest BCUT2D eigenvalue weighted by atomic mass is 10.4. The molecule has 0 unspecified atom stereocenters. The van der Waals surface area contributed by atoms with Crippen molar-refractivity contribution in [3.8, 4) is 0 Å². The summed E-state index contributed by atoms with van der Waals surface area (Å²) in [7, 11) is -3.42. The molecule has 0 aliphatic heterocycles. The van der Waals surface area contributed by atoms with Crippen LogP contribution < -0.4 is 4.72 Å². The van der Waals surface area contributed by atoms with Crippen LogP contribution in [0.4, 0.5) is 0 Å². The highest BCUT2D eigenvalue weighted by Crippen LogP contribution is 2.25. The zero-order valence-corrected chi connectivity index (χ0v) is 12.3. The fourth-order valence-corrected chi connectivity index (χ4v) is 4.06. The Kier molecular flexibility index (Phi) is 4.34. The normalized spacial score (nSPS) is 12.1. The molecule has 0 bridgehead atoms. The Morgan fingerprint density at radius 2 is 1.87 bits per heavy atom. The molecule has 0 radical (unpaired) electrons.